The average Bonchev–Trinajstić information content (AvgIpc) is 2.72. The number of nitrogens with two attached hydrogens (primary N) is 1. The van der Waals surface area contributed by atoms with Crippen LogP contribution in [0.25, 0.3) is 0 Å². The molecule has 2 saturated heterocycles. The van der Waals surface area contributed by atoms with E-state index in [1.165, 1.54) is 45.4 Å². The van der Waals surface area contributed by atoms with E-state index < -0.39 is 0 Å². The molecule has 0 aromatic heterocycles. The number of piperazine rings is 1. The van der Waals surface area contributed by atoms with Gasteiger partial charge in [-0.1, -0.05) is 13.3 Å². The summed E-state index contributed by atoms with van der Waals surface area (Å²) in [6.07, 6.45) is 4.02. The number of hydrogen-bond donors (Lipinski definition) is 1. The van der Waals surface area contributed by atoms with E-state index in [0.29, 0.717) is 5.92 Å². The number of nitrogens with zero attached hydrogens (tertiary/aromatic N) is 2. The van der Waals surface area contributed by atoms with Crippen molar-refractivity contribution in [2.75, 3.05) is 32.7 Å². The molecule has 2 N–H and O–H groups in total. The SMILES string of the molecule is CCC(CN)CN1CC2CCCN2CC1C. The molecule has 2 heterocycles. The molecule has 3 atom stereocenters. The van der Waals surface area contributed by atoms with E-state index in [0.717, 1.165) is 18.6 Å². The molecule has 0 aliphatic carbocycles. The molecule has 2 rings (SSSR count). The largest absolute Gasteiger partial charge is 0.330 e. The molecule has 94 valence electrons. The van der Waals surface area contributed by atoms with Crippen LogP contribution in [0, 0.1) is 5.92 Å². The minimum atomic E-state index is 0.690. The fourth-order valence-electron chi connectivity index (χ4n) is 3.20. The monoisotopic (exact) mass is 225 g/mol. The molecule has 0 radical (unpaired) electrons. The van der Waals surface area contributed by atoms with Gasteiger partial charge in [0, 0.05) is 31.7 Å². The summed E-state index contributed by atoms with van der Waals surface area (Å²) in [7, 11) is 0. The summed E-state index contributed by atoms with van der Waals surface area (Å²) in [6.45, 7) is 10.6. The molecule has 2 fully saturated rings. The lowest BCUT2D eigenvalue weighted by Gasteiger charge is -2.43. The minimum Gasteiger partial charge on any atom is -0.330 e. The lowest BCUT2D eigenvalue weighted by molar-refractivity contribution is 0.0484. The Morgan fingerprint density at radius 2 is 2.19 bits per heavy atom. The van der Waals surface area contributed by atoms with Crippen LogP contribution in [0.1, 0.15) is 33.1 Å². The molecular formula is C13H27N3. The van der Waals surface area contributed by atoms with Crippen molar-refractivity contribution in [1.82, 2.24) is 9.80 Å². The summed E-state index contributed by atoms with van der Waals surface area (Å²) < 4.78 is 0. The first kappa shape index (κ1) is 12.3. The van der Waals surface area contributed by atoms with Gasteiger partial charge in [-0.3, -0.25) is 9.80 Å². The molecule has 3 unspecified atom stereocenters. The van der Waals surface area contributed by atoms with Gasteiger partial charge >= 0.3 is 0 Å². The van der Waals surface area contributed by atoms with Crippen LogP contribution in [0.15, 0.2) is 0 Å². The third-order valence-corrected chi connectivity index (χ3v) is 4.47. The number of fused-ring (bicyclic) bond motifs is 1. The topological polar surface area (TPSA) is 32.5 Å². The third-order valence-electron chi connectivity index (χ3n) is 4.47. The van der Waals surface area contributed by atoms with Gasteiger partial charge in [0.15, 0.2) is 0 Å². The predicted molar refractivity (Wildman–Crippen MR) is 68.5 cm³/mol. The zero-order valence-electron chi connectivity index (χ0n) is 10.9. The maximum absolute atomic E-state index is 5.82. The molecule has 2 aliphatic rings. The Labute approximate surface area is 100.0 Å². The van der Waals surface area contributed by atoms with Crippen LogP contribution in [0.4, 0.5) is 0 Å². The summed E-state index contributed by atoms with van der Waals surface area (Å²) >= 11 is 0. The summed E-state index contributed by atoms with van der Waals surface area (Å²) in [5, 5.41) is 0. The molecule has 3 heteroatoms. The van der Waals surface area contributed by atoms with Gasteiger partial charge < -0.3 is 5.73 Å². The van der Waals surface area contributed by atoms with Crippen molar-refractivity contribution in [2.24, 2.45) is 11.7 Å². The first-order valence-corrected chi connectivity index (χ1v) is 6.92. The lowest BCUT2D eigenvalue weighted by atomic mass is 10.0. The molecule has 0 aromatic carbocycles. The Bertz CT molecular complexity index is 213. The van der Waals surface area contributed by atoms with E-state index in [-0.39, 0.29) is 0 Å². The second kappa shape index (κ2) is 5.48. The lowest BCUT2D eigenvalue weighted by Crippen LogP contribution is -2.56. The fraction of sp³-hybridized carbons (Fsp3) is 1.00. The van der Waals surface area contributed by atoms with Crippen LogP contribution < -0.4 is 5.73 Å². The maximum Gasteiger partial charge on any atom is 0.0224 e. The Morgan fingerprint density at radius 1 is 1.38 bits per heavy atom. The Morgan fingerprint density at radius 3 is 2.88 bits per heavy atom. The van der Waals surface area contributed by atoms with Crippen LogP contribution in [0.5, 0.6) is 0 Å². The van der Waals surface area contributed by atoms with E-state index >= 15 is 0 Å². The van der Waals surface area contributed by atoms with Gasteiger partial charge in [0.1, 0.15) is 0 Å². The third kappa shape index (κ3) is 2.58. The molecule has 0 amide bonds. The van der Waals surface area contributed by atoms with E-state index in [9.17, 15) is 0 Å². The molecular weight excluding hydrogens is 198 g/mol. The molecule has 0 spiro atoms. The predicted octanol–water partition coefficient (Wildman–Crippen LogP) is 1.14. The first-order valence-electron chi connectivity index (χ1n) is 6.92. The van der Waals surface area contributed by atoms with Gasteiger partial charge in [0.05, 0.1) is 0 Å². The highest BCUT2D eigenvalue weighted by molar-refractivity contribution is 4.91. The highest BCUT2D eigenvalue weighted by Gasteiger charge is 2.34. The van der Waals surface area contributed by atoms with E-state index in [1.807, 2.05) is 0 Å². The minimum absolute atomic E-state index is 0.690. The number of rotatable bonds is 4. The summed E-state index contributed by atoms with van der Waals surface area (Å²) in [5.74, 6) is 0.690. The van der Waals surface area contributed by atoms with Crippen molar-refractivity contribution in [3.05, 3.63) is 0 Å². The molecule has 16 heavy (non-hydrogen) atoms. The Kier molecular flexibility index (Phi) is 4.22. The molecule has 0 aromatic rings. The van der Waals surface area contributed by atoms with Crippen LogP contribution in [0.2, 0.25) is 0 Å². The van der Waals surface area contributed by atoms with Crippen LogP contribution in [-0.4, -0.2) is 54.6 Å². The summed E-state index contributed by atoms with van der Waals surface area (Å²) in [5.41, 5.74) is 5.82. The standard InChI is InChI=1S/C13H27N3/c1-3-12(7-14)9-16-10-13-5-4-6-15(13)8-11(16)2/h11-13H,3-10,14H2,1-2H3. The van der Waals surface area contributed by atoms with Crippen molar-refractivity contribution in [1.29, 1.82) is 0 Å². The normalized spacial score (nSPS) is 33.9. The summed E-state index contributed by atoms with van der Waals surface area (Å²) in [6, 6.07) is 1.56. The Hall–Kier alpha value is -0.120. The smallest absolute Gasteiger partial charge is 0.0224 e. The molecule has 0 saturated carbocycles. The van der Waals surface area contributed by atoms with Crippen molar-refractivity contribution in [3.8, 4) is 0 Å². The van der Waals surface area contributed by atoms with Crippen molar-refractivity contribution in [2.45, 2.75) is 45.2 Å². The zero-order valence-corrected chi connectivity index (χ0v) is 10.9. The van der Waals surface area contributed by atoms with Gasteiger partial charge in [-0.15, -0.1) is 0 Å². The van der Waals surface area contributed by atoms with Crippen LogP contribution in [0.3, 0.4) is 0 Å². The van der Waals surface area contributed by atoms with Gasteiger partial charge in [0.25, 0.3) is 0 Å². The van der Waals surface area contributed by atoms with Crippen molar-refractivity contribution >= 4 is 0 Å². The molecule has 2 aliphatic heterocycles. The van der Waals surface area contributed by atoms with Crippen LogP contribution >= 0.6 is 0 Å². The van der Waals surface area contributed by atoms with Gasteiger partial charge in [-0.25, -0.2) is 0 Å². The second-order valence-electron chi connectivity index (χ2n) is 5.60. The first-order chi connectivity index (χ1) is 7.74. The maximum atomic E-state index is 5.82. The quantitative estimate of drug-likeness (QED) is 0.779. The zero-order chi connectivity index (χ0) is 11.5. The van der Waals surface area contributed by atoms with E-state index in [4.69, 9.17) is 5.73 Å². The highest BCUT2D eigenvalue weighted by atomic mass is 15.3. The average molecular weight is 225 g/mol. The second-order valence-corrected chi connectivity index (χ2v) is 5.60. The molecule has 0 bridgehead atoms. The van der Waals surface area contributed by atoms with E-state index in [2.05, 4.69) is 23.6 Å². The van der Waals surface area contributed by atoms with Crippen molar-refractivity contribution < 1.29 is 0 Å². The Balaban J connectivity index is 1.89. The molecule has 3 nitrogen and oxygen atoms in total. The summed E-state index contributed by atoms with van der Waals surface area (Å²) in [4.78, 5) is 5.36. The van der Waals surface area contributed by atoms with E-state index in [1.54, 1.807) is 0 Å². The number of hydrogen-bond acceptors (Lipinski definition) is 3. The van der Waals surface area contributed by atoms with Crippen LogP contribution in [-0.2, 0) is 0 Å². The van der Waals surface area contributed by atoms with Gasteiger partial charge in [0.2, 0.25) is 0 Å². The van der Waals surface area contributed by atoms with Gasteiger partial charge in [-0.05, 0) is 38.8 Å². The van der Waals surface area contributed by atoms with Gasteiger partial charge in [-0.2, -0.15) is 0 Å². The highest BCUT2D eigenvalue weighted by Crippen LogP contribution is 2.25. The van der Waals surface area contributed by atoms with Crippen molar-refractivity contribution in [3.63, 3.8) is 0 Å². The fourth-order valence-corrected chi connectivity index (χ4v) is 3.20.